The number of pyridine rings is 1. The monoisotopic (exact) mass is 331 g/mol. The zero-order valence-corrected chi connectivity index (χ0v) is 12.9. The molecule has 1 heterocycles. The molecule has 0 bridgehead atoms. The Bertz CT molecular complexity index is 844. The predicted octanol–water partition coefficient (Wildman–Crippen LogP) is 4.90. The van der Waals surface area contributed by atoms with E-state index in [0.29, 0.717) is 26.7 Å². The zero-order valence-electron chi connectivity index (χ0n) is 11.4. The highest BCUT2D eigenvalue weighted by Crippen LogP contribution is 2.23. The third-order valence-corrected chi connectivity index (χ3v) is 3.81. The molecule has 3 nitrogen and oxygen atoms in total. The van der Waals surface area contributed by atoms with Gasteiger partial charge in [-0.05, 0) is 24.3 Å². The van der Waals surface area contributed by atoms with E-state index in [1.54, 1.807) is 36.5 Å². The molecule has 0 atom stereocenters. The fourth-order valence-corrected chi connectivity index (χ4v) is 2.59. The van der Waals surface area contributed by atoms with Crippen LogP contribution in [0.1, 0.15) is 15.9 Å². The van der Waals surface area contributed by atoms with Gasteiger partial charge in [-0.25, -0.2) is 4.79 Å². The second kappa shape index (κ2) is 6.34. The highest BCUT2D eigenvalue weighted by atomic mass is 35.5. The quantitative estimate of drug-likeness (QED) is 0.641. The molecule has 0 saturated carbocycles. The van der Waals surface area contributed by atoms with Crippen LogP contribution >= 0.6 is 23.2 Å². The SMILES string of the molecule is O=C(OCc1ccc(Cl)cc1Cl)c1cccc2cccnc12. The number of rotatable bonds is 3. The molecule has 0 aliphatic heterocycles. The standard InChI is InChI=1S/C17H11Cl2NO2/c18-13-7-6-12(15(19)9-13)10-22-17(21)14-5-1-3-11-4-2-8-20-16(11)14/h1-9H,10H2. The van der Waals surface area contributed by atoms with E-state index < -0.39 is 5.97 Å². The Balaban J connectivity index is 1.82. The van der Waals surface area contributed by atoms with Crippen molar-refractivity contribution in [2.45, 2.75) is 6.61 Å². The minimum Gasteiger partial charge on any atom is -0.457 e. The number of benzene rings is 2. The maximum absolute atomic E-state index is 12.3. The average Bonchev–Trinajstić information content (AvgIpc) is 2.53. The summed E-state index contributed by atoms with van der Waals surface area (Å²) in [5, 5.41) is 1.90. The lowest BCUT2D eigenvalue weighted by molar-refractivity contribution is 0.0475. The van der Waals surface area contributed by atoms with E-state index in [-0.39, 0.29) is 6.61 Å². The summed E-state index contributed by atoms with van der Waals surface area (Å²) >= 11 is 11.9. The molecule has 1 aromatic heterocycles. The minimum absolute atomic E-state index is 0.0814. The first-order valence-corrected chi connectivity index (χ1v) is 7.35. The van der Waals surface area contributed by atoms with Gasteiger partial charge in [-0.2, -0.15) is 0 Å². The van der Waals surface area contributed by atoms with Crippen molar-refractivity contribution < 1.29 is 9.53 Å². The summed E-state index contributed by atoms with van der Waals surface area (Å²) in [7, 11) is 0. The Hall–Kier alpha value is -2.10. The van der Waals surface area contributed by atoms with Crippen molar-refractivity contribution in [2.75, 3.05) is 0 Å². The molecule has 3 aromatic rings. The summed E-state index contributed by atoms with van der Waals surface area (Å²) in [5.74, 6) is -0.435. The van der Waals surface area contributed by atoms with E-state index in [1.807, 2.05) is 18.2 Å². The van der Waals surface area contributed by atoms with Gasteiger partial charge in [0.15, 0.2) is 0 Å². The van der Waals surface area contributed by atoms with Crippen molar-refractivity contribution in [2.24, 2.45) is 0 Å². The third kappa shape index (κ3) is 3.06. The van der Waals surface area contributed by atoms with Crippen LogP contribution in [-0.2, 0) is 11.3 Å². The fraction of sp³-hybridized carbons (Fsp3) is 0.0588. The minimum atomic E-state index is -0.435. The molecule has 0 aliphatic rings. The van der Waals surface area contributed by atoms with Gasteiger partial charge in [0, 0.05) is 27.2 Å². The number of fused-ring (bicyclic) bond motifs is 1. The smallest absolute Gasteiger partial charge is 0.340 e. The van der Waals surface area contributed by atoms with Crippen molar-refractivity contribution in [1.82, 2.24) is 4.98 Å². The molecule has 3 rings (SSSR count). The van der Waals surface area contributed by atoms with Gasteiger partial charge in [0.1, 0.15) is 6.61 Å². The Morgan fingerprint density at radius 1 is 1.09 bits per heavy atom. The normalized spacial score (nSPS) is 10.6. The van der Waals surface area contributed by atoms with Crippen molar-refractivity contribution in [3.8, 4) is 0 Å². The zero-order chi connectivity index (χ0) is 15.5. The summed E-state index contributed by atoms with van der Waals surface area (Å²) in [6, 6.07) is 14.2. The lowest BCUT2D eigenvalue weighted by Crippen LogP contribution is -2.06. The van der Waals surface area contributed by atoms with E-state index in [1.165, 1.54) is 0 Å². The lowest BCUT2D eigenvalue weighted by Gasteiger charge is -2.08. The summed E-state index contributed by atoms with van der Waals surface area (Å²) in [6.45, 7) is 0.0814. The predicted molar refractivity (Wildman–Crippen MR) is 87.3 cm³/mol. The number of carbonyl (C=O) groups excluding carboxylic acids is 1. The number of nitrogens with zero attached hydrogens (tertiary/aromatic N) is 1. The number of halogens is 2. The maximum Gasteiger partial charge on any atom is 0.340 e. The molecular weight excluding hydrogens is 321 g/mol. The Morgan fingerprint density at radius 2 is 1.91 bits per heavy atom. The van der Waals surface area contributed by atoms with E-state index in [4.69, 9.17) is 27.9 Å². The summed E-state index contributed by atoms with van der Waals surface area (Å²) < 4.78 is 5.34. The number of carbonyl (C=O) groups is 1. The van der Waals surface area contributed by atoms with Gasteiger partial charge in [-0.3, -0.25) is 4.98 Å². The van der Waals surface area contributed by atoms with E-state index >= 15 is 0 Å². The van der Waals surface area contributed by atoms with Crippen LogP contribution < -0.4 is 0 Å². The number of para-hydroxylation sites is 1. The average molecular weight is 332 g/mol. The van der Waals surface area contributed by atoms with Crippen molar-refractivity contribution >= 4 is 40.1 Å². The number of hydrogen-bond acceptors (Lipinski definition) is 3. The number of esters is 1. The van der Waals surface area contributed by atoms with Gasteiger partial charge in [-0.1, -0.05) is 47.5 Å². The lowest BCUT2D eigenvalue weighted by atomic mass is 10.1. The van der Waals surface area contributed by atoms with Crippen molar-refractivity contribution in [1.29, 1.82) is 0 Å². The van der Waals surface area contributed by atoms with Crippen LogP contribution in [0.5, 0.6) is 0 Å². The Kier molecular flexibility index (Phi) is 4.27. The molecule has 5 heteroatoms. The van der Waals surface area contributed by atoms with Crippen LogP contribution in [0.4, 0.5) is 0 Å². The largest absolute Gasteiger partial charge is 0.457 e. The molecule has 0 spiro atoms. The topological polar surface area (TPSA) is 39.2 Å². The number of aromatic nitrogens is 1. The summed E-state index contributed by atoms with van der Waals surface area (Å²) in [5.41, 5.74) is 1.76. The first-order chi connectivity index (χ1) is 10.6. The molecular formula is C17H11Cl2NO2. The number of ether oxygens (including phenoxy) is 1. The Labute approximate surface area is 137 Å². The highest BCUT2D eigenvalue weighted by molar-refractivity contribution is 6.35. The molecule has 2 aromatic carbocycles. The Morgan fingerprint density at radius 3 is 2.73 bits per heavy atom. The van der Waals surface area contributed by atoms with Gasteiger partial charge in [0.05, 0.1) is 11.1 Å². The van der Waals surface area contributed by atoms with Gasteiger partial charge in [0.25, 0.3) is 0 Å². The molecule has 110 valence electrons. The van der Waals surface area contributed by atoms with E-state index in [9.17, 15) is 4.79 Å². The molecule has 0 fully saturated rings. The second-order valence-corrected chi connectivity index (χ2v) is 5.54. The van der Waals surface area contributed by atoms with Gasteiger partial charge in [0.2, 0.25) is 0 Å². The molecule has 0 N–H and O–H groups in total. The van der Waals surface area contributed by atoms with Crippen LogP contribution in [-0.4, -0.2) is 11.0 Å². The van der Waals surface area contributed by atoms with E-state index in [0.717, 1.165) is 5.39 Å². The maximum atomic E-state index is 12.3. The second-order valence-electron chi connectivity index (χ2n) is 4.69. The van der Waals surface area contributed by atoms with Crippen LogP contribution in [0.25, 0.3) is 10.9 Å². The van der Waals surface area contributed by atoms with Crippen LogP contribution in [0.3, 0.4) is 0 Å². The van der Waals surface area contributed by atoms with Gasteiger partial charge in [-0.15, -0.1) is 0 Å². The van der Waals surface area contributed by atoms with E-state index in [2.05, 4.69) is 4.98 Å². The van der Waals surface area contributed by atoms with Crippen LogP contribution in [0.2, 0.25) is 10.0 Å². The molecule has 0 aliphatic carbocycles. The van der Waals surface area contributed by atoms with Crippen molar-refractivity contribution in [3.63, 3.8) is 0 Å². The molecule has 0 amide bonds. The first kappa shape index (κ1) is 14.8. The first-order valence-electron chi connectivity index (χ1n) is 6.60. The fourth-order valence-electron chi connectivity index (χ4n) is 2.13. The van der Waals surface area contributed by atoms with Gasteiger partial charge >= 0.3 is 5.97 Å². The van der Waals surface area contributed by atoms with Crippen LogP contribution in [0.15, 0.2) is 54.7 Å². The van der Waals surface area contributed by atoms with Gasteiger partial charge < -0.3 is 4.74 Å². The van der Waals surface area contributed by atoms with Crippen molar-refractivity contribution in [3.05, 3.63) is 75.9 Å². The number of hydrogen-bond donors (Lipinski definition) is 0. The van der Waals surface area contributed by atoms with Crippen LogP contribution in [0, 0.1) is 0 Å². The molecule has 0 unspecified atom stereocenters. The summed E-state index contributed by atoms with van der Waals surface area (Å²) in [4.78, 5) is 16.5. The molecule has 0 radical (unpaired) electrons. The molecule has 0 saturated heterocycles. The third-order valence-electron chi connectivity index (χ3n) is 3.23. The molecule has 22 heavy (non-hydrogen) atoms. The highest BCUT2D eigenvalue weighted by Gasteiger charge is 2.13. The summed E-state index contributed by atoms with van der Waals surface area (Å²) in [6.07, 6.45) is 1.65.